The van der Waals surface area contributed by atoms with E-state index in [1.165, 1.54) is 11.9 Å². The quantitative estimate of drug-likeness (QED) is 0.700. The zero-order chi connectivity index (χ0) is 20.2. The lowest BCUT2D eigenvalue weighted by Gasteiger charge is -2.33. The molecule has 6 nitrogen and oxygen atoms in total. The van der Waals surface area contributed by atoms with Gasteiger partial charge in [-0.05, 0) is 42.3 Å². The maximum atomic E-state index is 12.6. The number of nitrogens with two attached hydrogens (primary N) is 1. The third-order valence-electron chi connectivity index (χ3n) is 5.06. The first kappa shape index (κ1) is 18.9. The molecule has 1 aliphatic rings. The molecule has 1 amide bonds. The van der Waals surface area contributed by atoms with Gasteiger partial charge in [-0.3, -0.25) is 9.69 Å². The molecule has 1 aliphatic heterocycles. The predicted molar refractivity (Wildman–Crippen MR) is 114 cm³/mol. The van der Waals surface area contributed by atoms with Crippen molar-refractivity contribution in [3.05, 3.63) is 65.5 Å². The number of rotatable bonds is 3. The molecular weight excluding hydrogens is 362 g/mol. The first-order valence-electron chi connectivity index (χ1n) is 9.63. The van der Waals surface area contributed by atoms with Gasteiger partial charge in [-0.1, -0.05) is 30.0 Å². The van der Waals surface area contributed by atoms with Crippen molar-refractivity contribution < 1.29 is 4.79 Å². The van der Waals surface area contributed by atoms with Crippen LogP contribution in [0.3, 0.4) is 0 Å². The summed E-state index contributed by atoms with van der Waals surface area (Å²) in [6, 6.07) is 14.0. The molecule has 1 fully saturated rings. The van der Waals surface area contributed by atoms with E-state index in [0.29, 0.717) is 32.0 Å². The molecule has 2 heterocycles. The maximum Gasteiger partial charge on any atom is 0.237 e. The van der Waals surface area contributed by atoms with Crippen LogP contribution < -0.4 is 5.73 Å². The second-order valence-electron chi connectivity index (χ2n) is 7.31. The lowest BCUT2D eigenvalue weighted by molar-refractivity contribution is -0.136. The molecule has 0 unspecified atom stereocenters. The number of hydrogen-bond donors (Lipinski definition) is 1. The SMILES string of the molecule is Cc1cccc(C#CCN2CCN(Cc3ccc4c(N)ncnc4c3)C(=O)C2)c1. The highest BCUT2D eigenvalue weighted by atomic mass is 16.2. The number of carbonyl (C=O) groups is 1. The number of aromatic nitrogens is 2. The van der Waals surface area contributed by atoms with Gasteiger partial charge in [-0.2, -0.15) is 0 Å². The van der Waals surface area contributed by atoms with Crippen LogP contribution in [0.25, 0.3) is 10.9 Å². The average Bonchev–Trinajstić information content (AvgIpc) is 2.70. The van der Waals surface area contributed by atoms with Crippen LogP contribution in [0.15, 0.2) is 48.8 Å². The molecule has 146 valence electrons. The minimum Gasteiger partial charge on any atom is -0.383 e. The van der Waals surface area contributed by atoms with E-state index in [1.807, 2.05) is 35.2 Å². The Kier molecular flexibility index (Phi) is 5.41. The second-order valence-corrected chi connectivity index (χ2v) is 7.31. The molecule has 0 radical (unpaired) electrons. The van der Waals surface area contributed by atoms with E-state index in [2.05, 4.69) is 45.8 Å². The Bertz CT molecular complexity index is 1110. The van der Waals surface area contributed by atoms with Crippen molar-refractivity contribution in [2.24, 2.45) is 0 Å². The highest BCUT2D eigenvalue weighted by Gasteiger charge is 2.23. The van der Waals surface area contributed by atoms with Crippen molar-refractivity contribution in [1.29, 1.82) is 0 Å². The monoisotopic (exact) mass is 385 g/mol. The van der Waals surface area contributed by atoms with Crippen LogP contribution in [0.4, 0.5) is 5.82 Å². The van der Waals surface area contributed by atoms with Gasteiger partial charge in [-0.25, -0.2) is 9.97 Å². The Balaban J connectivity index is 1.35. The number of piperazine rings is 1. The number of carbonyl (C=O) groups excluding carboxylic acids is 1. The van der Waals surface area contributed by atoms with Gasteiger partial charge < -0.3 is 10.6 Å². The molecule has 2 N–H and O–H groups in total. The third-order valence-corrected chi connectivity index (χ3v) is 5.06. The fourth-order valence-electron chi connectivity index (χ4n) is 3.48. The summed E-state index contributed by atoms with van der Waals surface area (Å²) in [5.74, 6) is 6.96. The van der Waals surface area contributed by atoms with Crippen molar-refractivity contribution in [1.82, 2.24) is 19.8 Å². The Morgan fingerprint density at radius 3 is 2.86 bits per heavy atom. The number of benzene rings is 2. The van der Waals surface area contributed by atoms with Crippen molar-refractivity contribution in [2.45, 2.75) is 13.5 Å². The lowest BCUT2D eigenvalue weighted by atomic mass is 10.1. The number of anilines is 1. The lowest BCUT2D eigenvalue weighted by Crippen LogP contribution is -2.49. The summed E-state index contributed by atoms with van der Waals surface area (Å²) in [5, 5.41) is 0.833. The van der Waals surface area contributed by atoms with Crippen LogP contribution >= 0.6 is 0 Å². The van der Waals surface area contributed by atoms with Crippen LogP contribution in [0, 0.1) is 18.8 Å². The maximum absolute atomic E-state index is 12.6. The second kappa shape index (κ2) is 8.29. The molecule has 0 bridgehead atoms. The van der Waals surface area contributed by atoms with Gasteiger partial charge in [0.1, 0.15) is 12.1 Å². The topological polar surface area (TPSA) is 75.3 Å². The van der Waals surface area contributed by atoms with Crippen LogP contribution in [0.5, 0.6) is 0 Å². The van der Waals surface area contributed by atoms with Gasteiger partial charge in [-0.15, -0.1) is 0 Å². The standard InChI is InChI=1S/C23H23N5O/c1-17-4-2-5-18(12-17)6-3-9-27-10-11-28(22(29)15-27)14-19-7-8-20-21(13-19)25-16-26-23(20)24/h2,4-5,7-8,12-13,16H,9-11,14-15H2,1H3,(H2,24,25,26). The molecule has 29 heavy (non-hydrogen) atoms. The fourth-order valence-corrected chi connectivity index (χ4v) is 3.48. The van der Waals surface area contributed by atoms with Crippen molar-refractivity contribution in [3.8, 4) is 11.8 Å². The van der Waals surface area contributed by atoms with Gasteiger partial charge in [0.05, 0.1) is 18.6 Å². The van der Waals surface area contributed by atoms with Crippen molar-refractivity contribution in [3.63, 3.8) is 0 Å². The first-order chi connectivity index (χ1) is 14.1. The molecule has 0 spiro atoms. The minimum absolute atomic E-state index is 0.121. The summed E-state index contributed by atoms with van der Waals surface area (Å²) in [7, 11) is 0. The minimum atomic E-state index is 0.121. The molecule has 6 heteroatoms. The van der Waals surface area contributed by atoms with Gasteiger partial charge in [0.15, 0.2) is 0 Å². The fraction of sp³-hybridized carbons (Fsp3) is 0.261. The Hall–Kier alpha value is -3.43. The summed E-state index contributed by atoms with van der Waals surface area (Å²) in [5.41, 5.74) is 9.92. The van der Waals surface area contributed by atoms with Crippen LogP contribution in [-0.4, -0.2) is 51.9 Å². The molecule has 1 saturated heterocycles. The molecule has 4 rings (SSSR count). The molecule has 1 aromatic heterocycles. The van der Waals surface area contributed by atoms with Gasteiger partial charge >= 0.3 is 0 Å². The van der Waals surface area contributed by atoms with E-state index < -0.39 is 0 Å². The molecule has 0 saturated carbocycles. The molecule has 0 atom stereocenters. The third kappa shape index (κ3) is 4.53. The summed E-state index contributed by atoms with van der Waals surface area (Å²) in [6.45, 7) is 5.12. The Morgan fingerprint density at radius 2 is 2.03 bits per heavy atom. The van der Waals surface area contributed by atoms with E-state index >= 15 is 0 Å². The largest absolute Gasteiger partial charge is 0.383 e. The number of nitrogen functional groups attached to an aromatic ring is 1. The number of hydrogen-bond acceptors (Lipinski definition) is 5. The zero-order valence-corrected chi connectivity index (χ0v) is 16.4. The van der Waals surface area contributed by atoms with E-state index in [4.69, 9.17) is 5.73 Å². The van der Waals surface area contributed by atoms with Crippen LogP contribution in [0.2, 0.25) is 0 Å². The zero-order valence-electron chi connectivity index (χ0n) is 16.4. The van der Waals surface area contributed by atoms with Crippen molar-refractivity contribution >= 4 is 22.6 Å². The number of nitrogens with zero attached hydrogens (tertiary/aromatic N) is 4. The predicted octanol–water partition coefficient (Wildman–Crippen LogP) is 2.22. The number of fused-ring (bicyclic) bond motifs is 1. The normalized spacial score (nSPS) is 14.7. The van der Waals surface area contributed by atoms with Crippen LogP contribution in [0.1, 0.15) is 16.7 Å². The molecule has 0 aliphatic carbocycles. The summed E-state index contributed by atoms with van der Waals surface area (Å²) in [4.78, 5) is 24.9. The summed E-state index contributed by atoms with van der Waals surface area (Å²) >= 11 is 0. The van der Waals surface area contributed by atoms with Gasteiger partial charge in [0.2, 0.25) is 5.91 Å². The summed E-state index contributed by atoms with van der Waals surface area (Å²) < 4.78 is 0. The number of aryl methyl sites for hydroxylation is 1. The summed E-state index contributed by atoms with van der Waals surface area (Å²) in [6.07, 6.45) is 1.46. The van der Waals surface area contributed by atoms with E-state index in [-0.39, 0.29) is 5.91 Å². The molecule has 2 aromatic carbocycles. The van der Waals surface area contributed by atoms with Gasteiger partial charge in [0.25, 0.3) is 0 Å². The van der Waals surface area contributed by atoms with Gasteiger partial charge in [0, 0.05) is 30.6 Å². The van der Waals surface area contributed by atoms with E-state index in [9.17, 15) is 4.79 Å². The van der Waals surface area contributed by atoms with E-state index in [1.54, 1.807) is 0 Å². The highest BCUT2D eigenvalue weighted by molar-refractivity contribution is 5.88. The Labute approximate surface area is 170 Å². The first-order valence-corrected chi connectivity index (χ1v) is 9.63. The van der Waals surface area contributed by atoms with E-state index in [0.717, 1.165) is 28.6 Å². The number of amides is 1. The highest BCUT2D eigenvalue weighted by Crippen LogP contribution is 2.19. The van der Waals surface area contributed by atoms with Crippen LogP contribution in [-0.2, 0) is 11.3 Å². The molecular formula is C23H23N5O. The average molecular weight is 385 g/mol. The smallest absolute Gasteiger partial charge is 0.237 e. The Morgan fingerprint density at radius 1 is 1.14 bits per heavy atom. The molecule has 3 aromatic rings. The van der Waals surface area contributed by atoms with Crippen molar-refractivity contribution in [2.75, 3.05) is 31.9 Å².